The van der Waals surface area contributed by atoms with Crippen molar-refractivity contribution in [2.45, 2.75) is 50.7 Å². The van der Waals surface area contributed by atoms with Crippen molar-refractivity contribution in [2.24, 2.45) is 7.05 Å². The van der Waals surface area contributed by atoms with Gasteiger partial charge >= 0.3 is 0 Å². The van der Waals surface area contributed by atoms with Crippen molar-refractivity contribution in [3.63, 3.8) is 0 Å². The van der Waals surface area contributed by atoms with Gasteiger partial charge in [-0.1, -0.05) is 6.42 Å². The van der Waals surface area contributed by atoms with E-state index in [2.05, 4.69) is 26.8 Å². The lowest BCUT2D eigenvalue weighted by Crippen LogP contribution is -2.44. The minimum atomic E-state index is 0.701. The molecule has 0 radical (unpaired) electrons. The maximum absolute atomic E-state index is 4.22. The number of aryl methyl sites for hydroxylation is 1. The van der Waals surface area contributed by atoms with Crippen molar-refractivity contribution < 1.29 is 0 Å². The van der Waals surface area contributed by atoms with Crippen LogP contribution in [0.5, 0.6) is 0 Å². The summed E-state index contributed by atoms with van der Waals surface area (Å²) in [5, 5.41) is 3.66. The molecule has 0 spiro atoms. The maximum atomic E-state index is 4.22. The molecule has 2 heterocycles. The van der Waals surface area contributed by atoms with E-state index in [1.54, 1.807) is 0 Å². The molecular weight excluding hydrogens is 224 g/mol. The SMILES string of the molecule is Cn1cncc1CN(CC1CCCCN1)C1CC1. The smallest absolute Gasteiger partial charge is 0.0945 e. The number of hydrogen-bond donors (Lipinski definition) is 1. The highest BCUT2D eigenvalue weighted by Crippen LogP contribution is 2.29. The molecule has 0 bridgehead atoms. The first kappa shape index (κ1) is 12.2. The summed E-state index contributed by atoms with van der Waals surface area (Å²) in [5.74, 6) is 0. The number of piperidine rings is 1. The Morgan fingerprint density at radius 3 is 2.89 bits per heavy atom. The zero-order valence-corrected chi connectivity index (χ0v) is 11.3. The standard InChI is InChI=1S/C14H24N4/c1-17-11-15-8-14(17)10-18(13-5-6-13)9-12-4-2-3-7-16-12/h8,11-13,16H,2-7,9-10H2,1H3. The Labute approximate surface area is 109 Å². The van der Waals surface area contributed by atoms with Gasteiger partial charge < -0.3 is 9.88 Å². The Balaban J connectivity index is 1.59. The highest BCUT2D eigenvalue weighted by Gasteiger charge is 2.31. The third-order valence-corrected chi connectivity index (χ3v) is 4.21. The van der Waals surface area contributed by atoms with E-state index in [9.17, 15) is 0 Å². The summed E-state index contributed by atoms with van der Waals surface area (Å²) in [7, 11) is 2.09. The molecule has 0 aromatic carbocycles. The molecule has 1 aliphatic carbocycles. The molecule has 1 aromatic rings. The summed E-state index contributed by atoms with van der Waals surface area (Å²) in [4.78, 5) is 6.87. The molecular formula is C14H24N4. The molecule has 1 atom stereocenters. The Bertz CT molecular complexity index is 377. The number of aromatic nitrogens is 2. The lowest BCUT2D eigenvalue weighted by Gasteiger charge is -2.30. The van der Waals surface area contributed by atoms with E-state index >= 15 is 0 Å². The monoisotopic (exact) mass is 248 g/mol. The fourth-order valence-corrected chi connectivity index (χ4v) is 2.89. The van der Waals surface area contributed by atoms with E-state index in [-0.39, 0.29) is 0 Å². The summed E-state index contributed by atoms with van der Waals surface area (Å²) in [5.41, 5.74) is 1.33. The number of rotatable bonds is 5. The van der Waals surface area contributed by atoms with Gasteiger partial charge in [0.25, 0.3) is 0 Å². The van der Waals surface area contributed by atoms with Crippen molar-refractivity contribution in [3.8, 4) is 0 Å². The van der Waals surface area contributed by atoms with Crippen LogP contribution in [0.4, 0.5) is 0 Å². The van der Waals surface area contributed by atoms with Gasteiger partial charge in [0.2, 0.25) is 0 Å². The van der Waals surface area contributed by atoms with E-state index in [1.807, 2.05) is 12.5 Å². The third kappa shape index (κ3) is 2.93. The van der Waals surface area contributed by atoms with Gasteiger partial charge in [-0.2, -0.15) is 0 Å². The first-order valence-corrected chi connectivity index (χ1v) is 7.25. The summed E-state index contributed by atoms with van der Waals surface area (Å²) >= 11 is 0. The van der Waals surface area contributed by atoms with E-state index in [0.29, 0.717) is 6.04 Å². The second kappa shape index (κ2) is 5.41. The Morgan fingerprint density at radius 2 is 2.28 bits per heavy atom. The molecule has 100 valence electrons. The average molecular weight is 248 g/mol. The van der Waals surface area contributed by atoms with Crippen LogP contribution in [0.15, 0.2) is 12.5 Å². The summed E-state index contributed by atoms with van der Waals surface area (Å²) in [6.45, 7) is 3.46. The minimum absolute atomic E-state index is 0.701. The van der Waals surface area contributed by atoms with Gasteiger partial charge in [-0.05, 0) is 32.2 Å². The molecule has 3 rings (SSSR count). The van der Waals surface area contributed by atoms with Crippen molar-refractivity contribution in [3.05, 3.63) is 18.2 Å². The van der Waals surface area contributed by atoms with Gasteiger partial charge in [-0.15, -0.1) is 0 Å². The van der Waals surface area contributed by atoms with Gasteiger partial charge in [-0.25, -0.2) is 4.98 Å². The van der Waals surface area contributed by atoms with Gasteiger partial charge in [0.15, 0.2) is 0 Å². The number of nitrogens with one attached hydrogen (secondary N) is 1. The van der Waals surface area contributed by atoms with Crippen molar-refractivity contribution in [1.29, 1.82) is 0 Å². The fraction of sp³-hybridized carbons (Fsp3) is 0.786. The molecule has 1 saturated heterocycles. The lowest BCUT2D eigenvalue weighted by atomic mass is 10.0. The summed E-state index contributed by atoms with van der Waals surface area (Å²) in [6.07, 6.45) is 10.7. The first-order chi connectivity index (χ1) is 8.83. The zero-order chi connectivity index (χ0) is 12.4. The highest BCUT2D eigenvalue weighted by atomic mass is 15.2. The topological polar surface area (TPSA) is 33.1 Å². The molecule has 1 aromatic heterocycles. The van der Waals surface area contributed by atoms with Crippen LogP contribution in [0, 0.1) is 0 Å². The van der Waals surface area contributed by atoms with Crippen LogP contribution in [0.25, 0.3) is 0 Å². The molecule has 1 N–H and O–H groups in total. The summed E-state index contributed by atoms with van der Waals surface area (Å²) < 4.78 is 2.14. The molecule has 2 fully saturated rings. The predicted molar refractivity (Wildman–Crippen MR) is 72.3 cm³/mol. The quantitative estimate of drug-likeness (QED) is 0.858. The van der Waals surface area contributed by atoms with Crippen LogP contribution in [-0.4, -0.2) is 39.6 Å². The van der Waals surface area contributed by atoms with Crippen LogP contribution in [0.2, 0.25) is 0 Å². The van der Waals surface area contributed by atoms with Crippen molar-refractivity contribution in [1.82, 2.24) is 19.8 Å². The number of nitrogens with zero attached hydrogens (tertiary/aromatic N) is 3. The molecule has 0 amide bonds. The molecule has 1 aliphatic heterocycles. The van der Waals surface area contributed by atoms with Gasteiger partial charge in [-0.3, -0.25) is 4.90 Å². The predicted octanol–water partition coefficient (Wildman–Crippen LogP) is 1.53. The second-order valence-corrected chi connectivity index (χ2v) is 5.80. The molecule has 1 unspecified atom stereocenters. The Morgan fingerprint density at radius 1 is 1.39 bits per heavy atom. The minimum Gasteiger partial charge on any atom is -0.337 e. The van der Waals surface area contributed by atoms with Crippen LogP contribution >= 0.6 is 0 Å². The largest absolute Gasteiger partial charge is 0.337 e. The Kier molecular flexibility index (Phi) is 3.66. The second-order valence-electron chi connectivity index (χ2n) is 5.80. The van der Waals surface area contributed by atoms with Crippen LogP contribution in [0.1, 0.15) is 37.8 Å². The van der Waals surface area contributed by atoms with Gasteiger partial charge in [0.05, 0.1) is 12.0 Å². The van der Waals surface area contributed by atoms with E-state index < -0.39 is 0 Å². The van der Waals surface area contributed by atoms with E-state index in [0.717, 1.165) is 12.6 Å². The van der Waals surface area contributed by atoms with Crippen LogP contribution in [0.3, 0.4) is 0 Å². The molecule has 18 heavy (non-hydrogen) atoms. The Hall–Kier alpha value is -0.870. The van der Waals surface area contributed by atoms with Crippen LogP contribution in [-0.2, 0) is 13.6 Å². The number of hydrogen-bond acceptors (Lipinski definition) is 3. The summed E-state index contributed by atoms with van der Waals surface area (Å²) in [6, 6.07) is 1.52. The van der Waals surface area contributed by atoms with Crippen molar-refractivity contribution in [2.75, 3.05) is 13.1 Å². The van der Waals surface area contributed by atoms with Gasteiger partial charge in [0.1, 0.15) is 0 Å². The van der Waals surface area contributed by atoms with E-state index in [1.165, 1.54) is 50.9 Å². The molecule has 4 nitrogen and oxygen atoms in total. The normalized spacial score (nSPS) is 24.7. The van der Waals surface area contributed by atoms with Gasteiger partial charge in [0, 0.05) is 38.4 Å². The molecule has 2 aliphatic rings. The number of imidazole rings is 1. The highest BCUT2D eigenvalue weighted by molar-refractivity contribution is 5.00. The first-order valence-electron chi connectivity index (χ1n) is 7.25. The van der Waals surface area contributed by atoms with Crippen LogP contribution < -0.4 is 5.32 Å². The van der Waals surface area contributed by atoms with Crippen molar-refractivity contribution >= 4 is 0 Å². The van der Waals surface area contributed by atoms with E-state index in [4.69, 9.17) is 0 Å². The lowest BCUT2D eigenvalue weighted by molar-refractivity contribution is 0.204. The maximum Gasteiger partial charge on any atom is 0.0945 e. The fourth-order valence-electron chi connectivity index (χ4n) is 2.89. The average Bonchev–Trinajstić information content (AvgIpc) is 3.16. The molecule has 1 saturated carbocycles. The zero-order valence-electron chi connectivity index (χ0n) is 11.3. The molecule has 4 heteroatoms. The third-order valence-electron chi connectivity index (χ3n) is 4.21.